The van der Waals surface area contributed by atoms with Gasteiger partial charge >= 0.3 is 0 Å². The number of aliphatic imine (C=N–C) groups is 2. The fourth-order valence-corrected chi connectivity index (χ4v) is 6.30. The van der Waals surface area contributed by atoms with E-state index in [1.54, 1.807) is 30.0 Å². The van der Waals surface area contributed by atoms with Gasteiger partial charge in [0.15, 0.2) is 11.5 Å². The van der Waals surface area contributed by atoms with Crippen molar-refractivity contribution in [3.63, 3.8) is 0 Å². The number of fused-ring (bicyclic) bond motifs is 3. The molecule has 166 valence electrons. The maximum absolute atomic E-state index is 12.9. The van der Waals surface area contributed by atoms with Crippen LogP contribution in [0.1, 0.15) is 36.0 Å². The molecule has 4 aliphatic heterocycles. The monoisotopic (exact) mass is 452 g/mol. The Labute approximate surface area is 190 Å². The van der Waals surface area contributed by atoms with Crippen molar-refractivity contribution in [2.24, 2.45) is 15.9 Å². The second kappa shape index (κ2) is 8.04. The third kappa shape index (κ3) is 3.53. The Morgan fingerprint density at radius 3 is 2.75 bits per heavy atom. The number of carbonyl (C=O) groups is 2. The number of rotatable bonds is 3. The molecule has 2 amide bonds. The summed E-state index contributed by atoms with van der Waals surface area (Å²) in [6.07, 6.45) is 4.42. The van der Waals surface area contributed by atoms with Crippen LogP contribution >= 0.6 is 11.8 Å². The van der Waals surface area contributed by atoms with E-state index >= 15 is 0 Å². The summed E-state index contributed by atoms with van der Waals surface area (Å²) >= 11 is 1.70. The van der Waals surface area contributed by atoms with Gasteiger partial charge in [-0.15, -0.1) is 0 Å². The SMILES string of the molecule is O=C1N=C(CN2CCN(C(=O)c3ccc4c(c3)OCO4)CC2)N=C2SC3=C(CCCC3)C12. The van der Waals surface area contributed by atoms with Crippen molar-refractivity contribution in [3.8, 4) is 11.5 Å². The second-order valence-corrected chi connectivity index (χ2v) is 9.76. The summed E-state index contributed by atoms with van der Waals surface area (Å²) in [4.78, 5) is 40.2. The van der Waals surface area contributed by atoms with E-state index < -0.39 is 0 Å². The van der Waals surface area contributed by atoms with Crippen LogP contribution in [0.2, 0.25) is 0 Å². The number of hydrogen-bond acceptors (Lipinski definition) is 7. The maximum Gasteiger partial charge on any atom is 0.261 e. The smallest absolute Gasteiger partial charge is 0.261 e. The van der Waals surface area contributed by atoms with Crippen LogP contribution in [0.25, 0.3) is 0 Å². The number of allylic oxidation sites excluding steroid dienone is 1. The largest absolute Gasteiger partial charge is 0.454 e. The van der Waals surface area contributed by atoms with E-state index in [1.165, 1.54) is 16.9 Å². The van der Waals surface area contributed by atoms with Gasteiger partial charge in [0.2, 0.25) is 6.79 Å². The lowest BCUT2D eigenvalue weighted by Crippen LogP contribution is -2.50. The summed E-state index contributed by atoms with van der Waals surface area (Å²) in [5.41, 5.74) is 1.88. The highest BCUT2D eigenvalue weighted by atomic mass is 32.2. The minimum Gasteiger partial charge on any atom is -0.454 e. The molecular weight excluding hydrogens is 428 g/mol. The number of ether oxygens (including phenoxy) is 2. The molecule has 1 aromatic carbocycles. The van der Waals surface area contributed by atoms with Gasteiger partial charge in [-0.3, -0.25) is 14.5 Å². The van der Waals surface area contributed by atoms with Gasteiger partial charge in [-0.05, 0) is 54.4 Å². The van der Waals surface area contributed by atoms with Gasteiger partial charge in [0, 0.05) is 31.7 Å². The summed E-state index contributed by atoms with van der Waals surface area (Å²) < 4.78 is 10.7. The van der Waals surface area contributed by atoms with Crippen molar-refractivity contribution in [2.75, 3.05) is 39.5 Å². The molecule has 1 saturated heterocycles. The Bertz CT molecular complexity index is 1090. The van der Waals surface area contributed by atoms with Crippen molar-refractivity contribution in [1.82, 2.24) is 9.80 Å². The fourth-order valence-electron chi connectivity index (χ4n) is 4.94. The first-order valence-electron chi connectivity index (χ1n) is 11.2. The van der Waals surface area contributed by atoms with Gasteiger partial charge in [0.25, 0.3) is 11.8 Å². The molecule has 1 atom stereocenters. The summed E-state index contributed by atoms with van der Waals surface area (Å²) in [6.45, 7) is 3.43. The number of thioether (sulfide) groups is 1. The summed E-state index contributed by atoms with van der Waals surface area (Å²) in [5.74, 6) is 1.62. The molecular formula is C23H24N4O4S. The molecule has 4 heterocycles. The number of amidine groups is 1. The number of carbonyl (C=O) groups excluding carboxylic acids is 2. The van der Waals surface area contributed by atoms with Crippen LogP contribution in [0.15, 0.2) is 38.7 Å². The zero-order valence-corrected chi connectivity index (χ0v) is 18.5. The lowest BCUT2D eigenvalue weighted by atomic mass is 9.89. The van der Waals surface area contributed by atoms with Gasteiger partial charge in [-0.1, -0.05) is 11.8 Å². The molecule has 1 aliphatic carbocycles. The molecule has 0 saturated carbocycles. The molecule has 9 heteroatoms. The van der Waals surface area contributed by atoms with E-state index in [-0.39, 0.29) is 24.5 Å². The van der Waals surface area contributed by atoms with Crippen molar-refractivity contribution in [2.45, 2.75) is 25.7 Å². The molecule has 0 spiro atoms. The maximum atomic E-state index is 12.9. The molecule has 8 nitrogen and oxygen atoms in total. The van der Waals surface area contributed by atoms with Gasteiger partial charge in [-0.2, -0.15) is 4.99 Å². The Morgan fingerprint density at radius 1 is 1.06 bits per heavy atom. The summed E-state index contributed by atoms with van der Waals surface area (Å²) in [6, 6.07) is 5.31. The zero-order chi connectivity index (χ0) is 21.7. The predicted octanol–water partition coefficient (Wildman–Crippen LogP) is 2.70. The van der Waals surface area contributed by atoms with Crippen molar-refractivity contribution < 1.29 is 19.1 Å². The van der Waals surface area contributed by atoms with E-state index in [4.69, 9.17) is 14.5 Å². The molecule has 1 fully saturated rings. The molecule has 0 aromatic heterocycles. The van der Waals surface area contributed by atoms with Crippen LogP contribution in [0, 0.1) is 5.92 Å². The molecule has 1 aromatic rings. The van der Waals surface area contributed by atoms with Crippen LogP contribution in [0.4, 0.5) is 0 Å². The minimum atomic E-state index is -0.213. The van der Waals surface area contributed by atoms with Gasteiger partial charge in [-0.25, -0.2) is 4.99 Å². The van der Waals surface area contributed by atoms with Crippen LogP contribution in [-0.4, -0.2) is 72.0 Å². The first-order chi connectivity index (χ1) is 15.7. The van der Waals surface area contributed by atoms with E-state index in [2.05, 4.69) is 9.89 Å². The first kappa shape index (κ1) is 20.0. The predicted molar refractivity (Wildman–Crippen MR) is 121 cm³/mol. The van der Waals surface area contributed by atoms with E-state index in [1.807, 2.05) is 4.90 Å². The zero-order valence-electron chi connectivity index (χ0n) is 17.7. The van der Waals surface area contributed by atoms with Gasteiger partial charge in [0.1, 0.15) is 11.8 Å². The van der Waals surface area contributed by atoms with Crippen molar-refractivity contribution in [1.29, 1.82) is 0 Å². The first-order valence-corrected chi connectivity index (χ1v) is 12.0. The van der Waals surface area contributed by atoms with E-state index in [9.17, 15) is 9.59 Å². The highest BCUT2D eigenvalue weighted by Gasteiger charge is 2.40. The summed E-state index contributed by atoms with van der Waals surface area (Å²) in [5, 5.41) is 0.920. The quantitative estimate of drug-likeness (QED) is 0.701. The molecule has 5 aliphatic rings. The lowest BCUT2D eigenvalue weighted by molar-refractivity contribution is -0.118. The molecule has 0 N–H and O–H groups in total. The standard InChI is InChI=1S/C23H24N4O4S/c28-21-20-15-3-1-2-4-18(15)32-22(20)25-19(24-21)12-26-7-9-27(10-8-26)23(29)14-5-6-16-17(11-14)31-13-30-16/h5-6,11,20H,1-4,7-10,12-13H2. The highest BCUT2D eigenvalue weighted by Crippen LogP contribution is 2.47. The lowest BCUT2D eigenvalue weighted by Gasteiger charge is -2.34. The topological polar surface area (TPSA) is 83.8 Å². The molecule has 1 unspecified atom stereocenters. The van der Waals surface area contributed by atoms with Crippen molar-refractivity contribution in [3.05, 3.63) is 34.2 Å². The van der Waals surface area contributed by atoms with Crippen LogP contribution < -0.4 is 9.47 Å². The average Bonchev–Trinajstić information content (AvgIpc) is 3.43. The van der Waals surface area contributed by atoms with Crippen LogP contribution in [0.3, 0.4) is 0 Å². The molecule has 32 heavy (non-hydrogen) atoms. The number of hydrogen-bond donors (Lipinski definition) is 0. The van der Waals surface area contributed by atoms with Crippen molar-refractivity contribution >= 4 is 34.5 Å². The number of piperazine rings is 1. The Kier molecular flexibility index (Phi) is 5.02. The number of nitrogens with zero attached hydrogens (tertiary/aromatic N) is 4. The Balaban J connectivity index is 1.07. The number of amides is 2. The third-order valence-electron chi connectivity index (χ3n) is 6.65. The average molecular weight is 453 g/mol. The van der Waals surface area contributed by atoms with Gasteiger partial charge in [0.05, 0.1) is 11.6 Å². The molecule has 6 rings (SSSR count). The Morgan fingerprint density at radius 2 is 1.88 bits per heavy atom. The second-order valence-electron chi connectivity index (χ2n) is 8.64. The molecule has 0 radical (unpaired) electrons. The van der Waals surface area contributed by atoms with Crippen LogP contribution in [0.5, 0.6) is 11.5 Å². The highest BCUT2D eigenvalue weighted by molar-refractivity contribution is 8.17. The van der Waals surface area contributed by atoms with Crippen LogP contribution in [-0.2, 0) is 4.79 Å². The summed E-state index contributed by atoms with van der Waals surface area (Å²) in [7, 11) is 0. The van der Waals surface area contributed by atoms with E-state index in [0.29, 0.717) is 42.5 Å². The normalized spacial score (nSPS) is 24.8. The van der Waals surface area contributed by atoms with Gasteiger partial charge < -0.3 is 14.4 Å². The third-order valence-corrected chi connectivity index (χ3v) is 7.90. The number of benzene rings is 1. The molecule has 0 bridgehead atoms. The minimum absolute atomic E-state index is 0.00442. The fraction of sp³-hybridized carbons (Fsp3) is 0.478. The van der Waals surface area contributed by atoms with E-state index in [0.717, 1.165) is 37.4 Å². The Hall–Kier alpha value is -2.65.